The molecule has 0 aliphatic carbocycles. The van der Waals surface area contributed by atoms with E-state index in [9.17, 15) is 14.4 Å². The summed E-state index contributed by atoms with van der Waals surface area (Å²) in [5, 5.41) is -0.593. The highest BCUT2D eigenvalue weighted by atomic mass is 32.2. The number of thioether (sulfide) groups is 1. The van der Waals surface area contributed by atoms with Gasteiger partial charge < -0.3 is 18.8 Å². The second kappa shape index (κ2) is 10.6. The van der Waals surface area contributed by atoms with Gasteiger partial charge in [-0.3, -0.25) is 19.3 Å². The van der Waals surface area contributed by atoms with Crippen LogP contribution in [0, 0.1) is 5.92 Å². The highest BCUT2D eigenvalue weighted by Gasteiger charge is 2.42. The lowest BCUT2D eigenvalue weighted by Crippen LogP contribution is -2.47. The second-order valence-corrected chi connectivity index (χ2v) is 7.36. The number of esters is 1. The van der Waals surface area contributed by atoms with Gasteiger partial charge in [0.25, 0.3) is 0 Å². The zero-order chi connectivity index (χ0) is 19.0. The van der Waals surface area contributed by atoms with Gasteiger partial charge >= 0.3 is 25.0 Å². The molecule has 1 fully saturated rings. The smallest absolute Gasteiger partial charge is 0.497 e. The van der Waals surface area contributed by atoms with E-state index in [0.29, 0.717) is 6.61 Å². The summed E-state index contributed by atoms with van der Waals surface area (Å²) >= 11 is 6.21. The van der Waals surface area contributed by atoms with Crippen LogP contribution in [0.15, 0.2) is 0 Å². The maximum atomic E-state index is 11.9. The van der Waals surface area contributed by atoms with Crippen molar-refractivity contribution in [2.24, 2.45) is 5.92 Å². The molecule has 0 bridgehead atoms. The zero-order valence-corrected chi connectivity index (χ0v) is 16.3. The lowest BCUT2D eigenvalue weighted by atomic mass is 9.78. The second-order valence-electron chi connectivity index (χ2n) is 5.52. The quantitative estimate of drug-likeness (QED) is 0.365. The Morgan fingerprint density at radius 3 is 2.40 bits per heavy atom. The van der Waals surface area contributed by atoms with Gasteiger partial charge in [0.15, 0.2) is 0 Å². The third-order valence-corrected chi connectivity index (χ3v) is 4.73. The Morgan fingerprint density at radius 2 is 1.92 bits per heavy atom. The standard InChI is InChI=1S/C14H22BNO7S2/c1-5-21-14(24)25-10(6-9(2)13(19)20-4)15-22-11(17)7-16(3)8-12(18)23-15/h9-10H,5-8H2,1-4H3. The topological polar surface area (TPSA) is 91.4 Å². The van der Waals surface area contributed by atoms with E-state index in [0.717, 1.165) is 11.8 Å². The third kappa shape index (κ3) is 7.62. The molecule has 1 heterocycles. The van der Waals surface area contributed by atoms with Gasteiger partial charge in [-0.15, -0.1) is 0 Å². The predicted octanol–water partition coefficient (Wildman–Crippen LogP) is 0.668. The molecular weight excluding hydrogens is 369 g/mol. The van der Waals surface area contributed by atoms with Crippen LogP contribution in [-0.4, -0.2) is 73.3 Å². The van der Waals surface area contributed by atoms with Crippen LogP contribution in [0.4, 0.5) is 0 Å². The van der Waals surface area contributed by atoms with Crippen molar-refractivity contribution in [2.75, 3.05) is 33.9 Å². The Hall–Kier alpha value is -1.33. The molecule has 0 amide bonds. The number of methoxy groups -OCH3 is 1. The molecule has 1 aliphatic rings. The van der Waals surface area contributed by atoms with Gasteiger partial charge in [0, 0.05) is 0 Å². The van der Waals surface area contributed by atoms with Crippen molar-refractivity contribution >= 4 is 53.4 Å². The van der Waals surface area contributed by atoms with Crippen molar-refractivity contribution in [2.45, 2.75) is 25.4 Å². The molecule has 0 radical (unpaired) electrons. The minimum Gasteiger partial charge on any atom is -0.497 e. The summed E-state index contributed by atoms with van der Waals surface area (Å²) in [5.74, 6) is -1.98. The predicted molar refractivity (Wildman–Crippen MR) is 96.8 cm³/mol. The Morgan fingerprint density at radius 1 is 1.36 bits per heavy atom. The maximum absolute atomic E-state index is 11.9. The summed E-state index contributed by atoms with van der Waals surface area (Å²) in [7, 11) is 1.74. The first kappa shape index (κ1) is 21.7. The Bertz CT molecular complexity index is 499. The average molecular weight is 391 g/mol. The van der Waals surface area contributed by atoms with Crippen molar-refractivity contribution in [1.82, 2.24) is 4.90 Å². The van der Waals surface area contributed by atoms with Crippen LogP contribution in [0.3, 0.4) is 0 Å². The number of likely N-dealkylation sites (N-methyl/N-ethyl adjacent to an activating group) is 1. The number of hydrogen-bond acceptors (Lipinski definition) is 10. The van der Waals surface area contributed by atoms with Crippen molar-refractivity contribution < 1.29 is 33.2 Å². The summed E-state index contributed by atoms with van der Waals surface area (Å²) in [6, 6.07) is 0. The molecule has 2 unspecified atom stereocenters. The molecule has 11 heteroatoms. The normalized spacial score (nSPS) is 18.3. The summed E-state index contributed by atoms with van der Waals surface area (Å²) in [6.07, 6.45) is 0.228. The van der Waals surface area contributed by atoms with Gasteiger partial charge in [0.2, 0.25) is 4.38 Å². The fourth-order valence-corrected chi connectivity index (χ4v) is 3.67. The Labute approximate surface area is 157 Å². The molecule has 2 atom stereocenters. The van der Waals surface area contributed by atoms with Crippen LogP contribution < -0.4 is 0 Å². The monoisotopic (exact) mass is 391 g/mol. The van der Waals surface area contributed by atoms with Crippen molar-refractivity contribution in [3.63, 3.8) is 0 Å². The van der Waals surface area contributed by atoms with Crippen LogP contribution >= 0.6 is 24.0 Å². The summed E-state index contributed by atoms with van der Waals surface area (Å²) < 4.78 is 20.7. The van der Waals surface area contributed by atoms with Crippen molar-refractivity contribution in [1.29, 1.82) is 0 Å². The molecule has 8 nitrogen and oxygen atoms in total. The molecule has 1 rings (SSSR count). The summed E-state index contributed by atoms with van der Waals surface area (Å²) in [5.41, 5.74) is 0. The minimum absolute atomic E-state index is 0.0363. The van der Waals surface area contributed by atoms with Gasteiger partial charge in [0.1, 0.15) is 0 Å². The molecule has 0 saturated carbocycles. The van der Waals surface area contributed by atoms with Crippen LogP contribution in [0.2, 0.25) is 0 Å². The van der Waals surface area contributed by atoms with Gasteiger partial charge in [-0.2, -0.15) is 0 Å². The molecule has 25 heavy (non-hydrogen) atoms. The lowest BCUT2D eigenvalue weighted by Gasteiger charge is -2.27. The Balaban J connectivity index is 2.93. The highest BCUT2D eigenvalue weighted by molar-refractivity contribution is 8.23. The molecular formula is C14H22BNO7S2. The Kier molecular flexibility index (Phi) is 9.22. The zero-order valence-electron chi connectivity index (χ0n) is 14.7. The lowest BCUT2D eigenvalue weighted by molar-refractivity contribution is -0.145. The number of hydrogen-bond donors (Lipinski definition) is 0. The molecule has 1 aliphatic heterocycles. The summed E-state index contributed by atoms with van der Waals surface area (Å²) in [6.45, 7) is 3.76. The number of ether oxygens (including phenoxy) is 2. The largest absolute Gasteiger partial charge is 0.613 e. The van der Waals surface area contributed by atoms with Crippen molar-refractivity contribution in [3.05, 3.63) is 0 Å². The van der Waals surface area contributed by atoms with Crippen LogP contribution in [0.25, 0.3) is 0 Å². The van der Waals surface area contributed by atoms with Gasteiger partial charge in [-0.25, -0.2) is 0 Å². The van der Waals surface area contributed by atoms with Crippen LogP contribution in [-0.2, 0) is 33.2 Å². The van der Waals surface area contributed by atoms with E-state index < -0.39 is 36.1 Å². The highest BCUT2D eigenvalue weighted by Crippen LogP contribution is 2.26. The third-order valence-electron chi connectivity index (χ3n) is 3.30. The van der Waals surface area contributed by atoms with E-state index in [2.05, 4.69) is 0 Å². The SMILES string of the molecule is CCOC(=S)SC(CC(C)C(=O)OC)B1OC(=O)CN(C)CC(=O)O1. The van der Waals surface area contributed by atoms with Gasteiger partial charge in [-0.05, 0) is 32.6 Å². The molecule has 0 spiro atoms. The minimum atomic E-state index is -1.16. The number of carbonyl (C=O) groups is 3. The number of thiocarbonyl (C=S) groups is 1. The maximum Gasteiger partial charge on any atom is 0.613 e. The van der Waals surface area contributed by atoms with E-state index >= 15 is 0 Å². The molecule has 0 N–H and O–H groups in total. The first-order chi connectivity index (χ1) is 11.8. The average Bonchev–Trinajstić information content (AvgIpc) is 2.51. The van der Waals surface area contributed by atoms with Crippen LogP contribution in [0.5, 0.6) is 0 Å². The number of carbonyl (C=O) groups excluding carboxylic acids is 3. The van der Waals surface area contributed by atoms with E-state index in [1.54, 1.807) is 20.9 Å². The first-order valence-electron chi connectivity index (χ1n) is 7.75. The van der Waals surface area contributed by atoms with E-state index in [1.165, 1.54) is 12.0 Å². The summed E-state index contributed by atoms with van der Waals surface area (Å²) in [4.78, 5) is 37.1. The molecule has 140 valence electrons. The fourth-order valence-electron chi connectivity index (χ4n) is 2.14. The fraction of sp³-hybridized carbons (Fsp3) is 0.714. The van der Waals surface area contributed by atoms with Gasteiger partial charge in [-0.1, -0.05) is 18.7 Å². The first-order valence-corrected chi connectivity index (χ1v) is 9.04. The number of nitrogens with zero attached hydrogens (tertiary/aromatic N) is 1. The van der Waals surface area contributed by atoms with Crippen LogP contribution in [0.1, 0.15) is 20.3 Å². The molecule has 0 aromatic carbocycles. The molecule has 0 aromatic heterocycles. The van der Waals surface area contributed by atoms with E-state index in [1.807, 2.05) is 0 Å². The van der Waals surface area contributed by atoms with Gasteiger partial charge in [0.05, 0.1) is 37.9 Å². The van der Waals surface area contributed by atoms with Crippen molar-refractivity contribution in [3.8, 4) is 0 Å². The molecule has 0 aromatic rings. The molecule has 1 saturated heterocycles. The number of rotatable bonds is 6. The van der Waals surface area contributed by atoms with E-state index in [4.69, 9.17) is 31.0 Å². The van der Waals surface area contributed by atoms with E-state index in [-0.39, 0.29) is 23.9 Å².